The van der Waals surface area contributed by atoms with E-state index >= 15 is 0 Å². The molecule has 2 aliphatic heterocycles. The summed E-state index contributed by atoms with van der Waals surface area (Å²) in [4.78, 5) is 37.5. The van der Waals surface area contributed by atoms with Crippen molar-refractivity contribution >= 4 is 17.5 Å². The molecule has 0 N–H and O–H groups in total. The standard InChI is InChI=1S/C25H21F3N4O3/c1-14-11-15(2)30-23(29-14)35-21-22(34)32-13-20(33)31(3)19-10-5-4-9-18(19)24(21,32)16-7-6-8-17(12-16)25(26,27)28/h4-12,21H,13H2,1-3H3/t21-,24-/m1/s1. The number of halogens is 3. The van der Waals surface area contributed by atoms with Crippen LogP contribution in [0, 0.1) is 13.8 Å². The van der Waals surface area contributed by atoms with Crippen LogP contribution in [-0.4, -0.2) is 46.4 Å². The molecule has 2 amide bonds. The number of aromatic nitrogens is 2. The van der Waals surface area contributed by atoms with Gasteiger partial charge in [-0.05, 0) is 43.7 Å². The molecule has 2 aliphatic rings. The van der Waals surface area contributed by atoms with Gasteiger partial charge >= 0.3 is 12.2 Å². The lowest BCUT2D eigenvalue weighted by molar-refractivity contribution is -0.178. The minimum Gasteiger partial charge on any atom is -0.447 e. The molecular weight excluding hydrogens is 461 g/mol. The van der Waals surface area contributed by atoms with E-state index in [1.807, 2.05) is 0 Å². The summed E-state index contributed by atoms with van der Waals surface area (Å²) in [7, 11) is 1.57. The Morgan fingerprint density at radius 2 is 1.69 bits per heavy atom. The smallest absolute Gasteiger partial charge is 0.416 e. The lowest BCUT2D eigenvalue weighted by Crippen LogP contribution is -2.74. The van der Waals surface area contributed by atoms with Crippen molar-refractivity contribution in [2.24, 2.45) is 0 Å². The molecule has 1 fully saturated rings. The van der Waals surface area contributed by atoms with E-state index in [0.717, 1.165) is 12.1 Å². The fraction of sp³-hybridized carbons (Fsp3) is 0.280. The Morgan fingerprint density at radius 1 is 1.00 bits per heavy atom. The number of likely N-dealkylation sites (N-methyl/N-ethyl adjacent to an activating group) is 1. The predicted octanol–water partition coefficient (Wildman–Crippen LogP) is 3.62. The lowest BCUT2D eigenvalue weighted by atomic mass is 9.69. The van der Waals surface area contributed by atoms with Crippen LogP contribution in [0.3, 0.4) is 0 Å². The normalized spacial score (nSPS) is 21.7. The number of aryl methyl sites for hydroxylation is 2. The van der Waals surface area contributed by atoms with Gasteiger partial charge in [0.2, 0.25) is 12.0 Å². The summed E-state index contributed by atoms with van der Waals surface area (Å²) in [5, 5.41) is 0. The molecule has 1 saturated heterocycles. The highest BCUT2D eigenvalue weighted by atomic mass is 19.4. The number of hydrogen-bond acceptors (Lipinski definition) is 5. The van der Waals surface area contributed by atoms with Gasteiger partial charge in [0.1, 0.15) is 12.1 Å². The largest absolute Gasteiger partial charge is 0.447 e. The highest BCUT2D eigenvalue weighted by Gasteiger charge is 2.67. The molecule has 180 valence electrons. The SMILES string of the molecule is Cc1cc(C)nc(O[C@@H]2C(=O)N3CC(=O)N(C)c4ccccc4[C@]23c2cccc(C(F)(F)F)c2)n1. The number of benzene rings is 2. The van der Waals surface area contributed by atoms with Gasteiger partial charge in [-0.2, -0.15) is 13.2 Å². The molecule has 10 heteroatoms. The molecule has 5 rings (SSSR count). The Labute approximate surface area is 199 Å². The van der Waals surface area contributed by atoms with Crippen LogP contribution >= 0.6 is 0 Å². The van der Waals surface area contributed by atoms with Gasteiger partial charge in [-0.1, -0.05) is 30.3 Å². The van der Waals surface area contributed by atoms with Crippen LogP contribution in [0.1, 0.15) is 28.1 Å². The molecule has 3 aromatic rings. The molecule has 1 aromatic heterocycles. The van der Waals surface area contributed by atoms with E-state index in [0.29, 0.717) is 22.6 Å². The van der Waals surface area contributed by atoms with E-state index in [2.05, 4.69) is 9.97 Å². The third-order valence-corrected chi connectivity index (χ3v) is 6.45. The first-order valence-electron chi connectivity index (χ1n) is 10.9. The monoisotopic (exact) mass is 482 g/mol. The van der Waals surface area contributed by atoms with Crippen molar-refractivity contribution in [3.05, 3.63) is 82.7 Å². The van der Waals surface area contributed by atoms with Gasteiger partial charge in [0.05, 0.1) is 5.56 Å². The molecule has 0 bridgehead atoms. The molecule has 0 unspecified atom stereocenters. The zero-order valence-electron chi connectivity index (χ0n) is 19.1. The Morgan fingerprint density at radius 3 is 2.37 bits per heavy atom. The van der Waals surface area contributed by atoms with Crippen LogP contribution in [0.4, 0.5) is 18.9 Å². The molecule has 7 nitrogen and oxygen atoms in total. The fourth-order valence-corrected chi connectivity index (χ4v) is 4.91. The van der Waals surface area contributed by atoms with Crippen molar-refractivity contribution < 1.29 is 27.5 Å². The van der Waals surface area contributed by atoms with Crippen molar-refractivity contribution in [2.45, 2.75) is 31.7 Å². The van der Waals surface area contributed by atoms with Crippen LogP contribution in [0.2, 0.25) is 0 Å². The molecule has 35 heavy (non-hydrogen) atoms. The zero-order valence-corrected chi connectivity index (χ0v) is 19.1. The van der Waals surface area contributed by atoms with E-state index < -0.39 is 29.3 Å². The van der Waals surface area contributed by atoms with Gasteiger partial charge in [-0.15, -0.1) is 0 Å². The quantitative estimate of drug-likeness (QED) is 0.533. The maximum Gasteiger partial charge on any atom is 0.416 e. The third kappa shape index (κ3) is 3.43. The predicted molar refractivity (Wildman–Crippen MR) is 120 cm³/mol. The number of carbonyl (C=O) groups excluding carboxylic acids is 2. The van der Waals surface area contributed by atoms with Crippen LogP contribution in [0.25, 0.3) is 0 Å². The molecule has 2 aromatic carbocycles. The number of β-lactam (4-membered cyclic amide) rings is 1. The topological polar surface area (TPSA) is 75.6 Å². The first-order chi connectivity index (χ1) is 16.5. The van der Waals surface area contributed by atoms with E-state index in [-0.39, 0.29) is 24.0 Å². The second-order valence-electron chi connectivity index (χ2n) is 8.67. The number of ether oxygens (including phenoxy) is 1. The molecule has 0 radical (unpaired) electrons. The second-order valence-corrected chi connectivity index (χ2v) is 8.67. The lowest BCUT2D eigenvalue weighted by Gasteiger charge is -2.55. The van der Waals surface area contributed by atoms with E-state index in [9.17, 15) is 22.8 Å². The summed E-state index contributed by atoms with van der Waals surface area (Å²) in [6.45, 7) is 3.16. The summed E-state index contributed by atoms with van der Waals surface area (Å²) >= 11 is 0. The van der Waals surface area contributed by atoms with Crippen molar-refractivity contribution in [3.63, 3.8) is 0 Å². The third-order valence-electron chi connectivity index (χ3n) is 6.45. The molecule has 3 heterocycles. The zero-order chi connectivity index (χ0) is 25.1. The van der Waals surface area contributed by atoms with Gasteiger partial charge in [0.25, 0.3) is 5.91 Å². The number of carbonyl (C=O) groups is 2. The minimum absolute atomic E-state index is 0.0618. The first-order valence-corrected chi connectivity index (χ1v) is 10.9. The number of anilines is 1. The van der Waals surface area contributed by atoms with E-state index in [1.54, 1.807) is 51.2 Å². The number of nitrogens with zero attached hydrogens (tertiary/aromatic N) is 4. The average Bonchev–Trinajstić information content (AvgIpc) is 2.89. The maximum atomic E-state index is 13.7. The van der Waals surface area contributed by atoms with Gasteiger partial charge in [0.15, 0.2) is 0 Å². The summed E-state index contributed by atoms with van der Waals surface area (Å²) in [5.74, 6) is -0.913. The highest BCUT2D eigenvalue weighted by Crippen LogP contribution is 2.53. The molecule has 0 spiro atoms. The van der Waals surface area contributed by atoms with Crippen LogP contribution in [0.5, 0.6) is 6.01 Å². The van der Waals surface area contributed by atoms with E-state index in [1.165, 1.54) is 21.9 Å². The number of rotatable bonds is 3. The van der Waals surface area contributed by atoms with Gasteiger partial charge < -0.3 is 14.5 Å². The summed E-state index contributed by atoms with van der Waals surface area (Å²) in [6.07, 6.45) is -5.89. The molecular formula is C25H21F3N4O3. The van der Waals surface area contributed by atoms with Gasteiger partial charge in [-0.25, -0.2) is 9.97 Å². The molecule has 0 aliphatic carbocycles. The maximum absolute atomic E-state index is 13.7. The Kier molecular flexibility index (Phi) is 5.08. The molecule has 0 saturated carbocycles. The summed E-state index contributed by atoms with van der Waals surface area (Å²) in [6, 6.07) is 13.3. The van der Waals surface area contributed by atoms with Crippen LogP contribution in [-0.2, 0) is 21.3 Å². The first kappa shape index (κ1) is 22.8. The number of para-hydroxylation sites is 1. The van der Waals surface area contributed by atoms with Crippen molar-refractivity contribution in [1.82, 2.24) is 14.9 Å². The van der Waals surface area contributed by atoms with E-state index in [4.69, 9.17) is 4.74 Å². The summed E-state index contributed by atoms with van der Waals surface area (Å²) in [5.41, 5.74) is -0.0261. The van der Waals surface area contributed by atoms with Crippen molar-refractivity contribution in [3.8, 4) is 6.01 Å². The van der Waals surface area contributed by atoms with Gasteiger partial charge in [-0.3, -0.25) is 9.59 Å². The van der Waals surface area contributed by atoms with Gasteiger partial charge in [0, 0.05) is 29.7 Å². The Bertz CT molecular complexity index is 1340. The van der Waals surface area contributed by atoms with Crippen LogP contribution in [0.15, 0.2) is 54.6 Å². The Hall–Kier alpha value is -3.95. The van der Waals surface area contributed by atoms with Crippen molar-refractivity contribution in [1.29, 1.82) is 0 Å². The Balaban J connectivity index is 1.77. The fourth-order valence-electron chi connectivity index (χ4n) is 4.91. The molecule has 2 atom stereocenters. The number of hydrogen-bond donors (Lipinski definition) is 0. The second kappa shape index (κ2) is 7.79. The van der Waals surface area contributed by atoms with Crippen LogP contribution < -0.4 is 9.64 Å². The number of alkyl halides is 3. The average molecular weight is 482 g/mol. The number of amides is 2. The van der Waals surface area contributed by atoms with Crippen molar-refractivity contribution in [2.75, 3.05) is 18.5 Å². The number of fused-ring (bicyclic) bond motifs is 3. The minimum atomic E-state index is -4.60. The highest BCUT2D eigenvalue weighted by molar-refractivity contribution is 6.04. The summed E-state index contributed by atoms with van der Waals surface area (Å²) < 4.78 is 47.1.